The Kier molecular flexibility index (Phi) is 79.7. The maximum absolute atomic E-state index is 9.74. The molecular weight excluding hydrogens is 268 g/mol. The van der Waals surface area contributed by atoms with Crippen LogP contribution in [0.5, 0.6) is 0 Å². The van der Waals surface area contributed by atoms with E-state index in [9.17, 15) is 4.79 Å². The molecule has 0 spiro atoms. The first-order chi connectivity index (χ1) is 7.81. The number of aldehydes is 1. The minimum absolute atomic E-state index is 0. The van der Waals surface area contributed by atoms with Crippen LogP contribution >= 0.6 is 0 Å². The van der Waals surface area contributed by atoms with Gasteiger partial charge in [0.2, 0.25) is 0 Å². The molecule has 0 heterocycles. The fourth-order valence-electron chi connectivity index (χ4n) is 0.438. The van der Waals surface area contributed by atoms with Gasteiger partial charge < -0.3 is 9.90 Å². The Balaban J connectivity index is -0.0000000594. The van der Waals surface area contributed by atoms with Crippen molar-refractivity contribution < 1.29 is 40.9 Å². The number of hydrogen-bond acceptors (Lipinski definition) is 2. The van der Waals surface area contributed by atoms with Gasteiger partial charge in [0.15, 0.2) is 0 Å². The van der Waals surface area contributed by atoms with Gasteiger partial charge in [-0.3, -0.25) is 0 Å². The first-order valence-corrected chi connectivity index (χ1v) is 3.89. The molecule has 0 bridgehead atoms. The Bertz CT molecular complexity index is 162. The average Bonchev–Trinajstić information content (AvgIpc) is 2.41. The molecule has 1 atom stereocenters. The van der Waals surface area contributed by atoms with Crippen molar-refractivity contribution >= 4 is 6.29 Å². The minimum Gasteiger partial charge on any atom is 0 e. The monoisotopic (exact) mass is 280 g/mol. The summed E-state index contributed by atoms with van der Waals surface area (Å²) in [7, 11) is 0. The number of aliphatic hydroxyl groups is 1. The van der Waals surface area contributed by atoms with Crippen molar-refractivity contribution in [3.05, 3.63) is 45.6 Å². The summed E-state index contributed by atoms with van der Waals surface area (Å²) in [6.45, 7) is 15.4. The predicted molar refractivity (Wildman–Crippen MR) is 51.4 cm³/mol. The van der Waals surface area contributed by atoms with Gasteiger partial charge in [-0.2, -0.15) is 0 Å². The van der Waals surface area contributed by atoms with E-state index in [0.29, 0.717) is 12.7 Å². The Morgan fingerprint density at radius 2 is 1.47 bits per heavy atom. The van der Waals surface area contributed by atoms with Gasteiger partial charge in [0.1, 0.15) is 6.29 Å². The van der Waals surface area contributed by atoms with Crippen molar-refractivity contribution in [2.45, 2.75) is 19.4 Å². The fourth-order valence-corrected chi connectivity index (χ4v) is 0.438. The second-order valence-electron chi connectivity index (χ2n) is 1.88. The van der Waals surface area contributed by atoms with Gasteiger partial charge in [-0.1, -0.05) is 6.92 Å². The Morgan fingerprint density at radius 3 is 1.76 bits per heavy atom. The van der Waals surface area contributed by atoms with Gasteiger partial charge in [0.25, 0.3) is 0 Å². The number of carbonyl (C=O) groups is 1. The fraction of sp³-hybridized carbons (Fsp3) is 0.273. The van der Waals surface area contributed by atoms with Crippen molar-refractivity contribution in [2.24, 2.45) is 0 Å². The van der Waals surface area contributed by atoms with Crippen LogP contribution in [0.3, 0.4) is 0 Å². The summed E-state index contributed by atoms with van der Waals surface area (Å²) in [5, 5.41) is 8.95. The van der Waals surface area contributed by atoms with E-state index in [1.807, 2.05) is 6.92 Å². The molecule has 0 aliphatic carbocycles. The Morgan fingerprint density at radius 1 is 1.06 bits per heavy atom. The van der Waals surface area contributed by atoms with Crippen LogP contribution in [-0.4, -0.2) is 17.5 Å². The van der Waals surface area contributed by atoms with E-state index in [1.54, 1.807) is 19.3 Å². The molecule has 0 aliphatic heterocycles. The normalized spacial score (nSPS) is 8.00. The third kappa shape index (κ3) is 50.6. The van der Waals surface area contributed by atoms with Crippen LogP contribution in [0.15, 0.2) is 0 Å². The summed E-state index contributed by atoms with van der Waals surface area (Å²) in [5.74, 6) is 0. The first-order valence-electron chi connectivity index (χ1n) is 3.89. The number of rotatable bonds is 6. The van der Waals surface area contributed by atoms with Crippen molar-refractivity contribution in [3.8, 4) is 0 Å². The van der Waals surface area contributed by atoms with Crippen molar-refractivity contribution in [3.63, 3.8) is 0 Å². The van der Waals surface area contributed by atoms with Crippen molar-refractivity contribution in [1.82, 2.24) is 0 Å². The van der Waals surface area contributed by atoms with Gasteiger partial charge in [-0.15, -0.1) is 0 Å². The smallest absolute Gasteiger partial charge is 0 e. The molecule has 4 radical (unpaired) electrons. The van der Waals surface area contributed by atoms with Gasteiger partial charge in [-0.05, 0) is 25.7 Å². The SMILES string of the molecule is CC[C@@H](O)[CH][CH][CH][CH]C=O.[C-]#[O+].[C-]#[O+].[C-]#[O+].[Fe]. The van der Waals surface area contributed by atoms with Gasteiger partial charge in [-0.25, -0.2) is 0 Å². The van der Waals surface area contributed by atoms with Gasteiger partial charge in [0, 0.05) is 23.5 Å². The molecular formula is C11H12FeO5. The second-order valence-corrected chi connectivity index (χ2v) is 1.88. The molecule has 94 valence electrons. The maximum atomic E-state index is 9.74. The summed E-state index contributed by atoms with van der Waals surface area (Å²) in [4.78, 5) is 9.74. The molecule has 1 N–H and O–H groups in total. The summed E-state index contributed by atoms with van der Waals surface area (Å²) in [6.07, 6.45) is 7.26. The molecule has 17 heavy (non-hydrogen) atoms. The molecule has 0 aromatic heterocycles. The Hall–Kier alpha value is -0.631. The largest absolute Gasteiger partial charge is 0 e. The zero-order valence-corrected chi connectivity index (χ0v) is 10.2. The third-order valence-electron chi connectivity index (χ3n) is 1.05. The van der Waals surface area contributed by atoms with Crippen LogP contribution in [0.4, 0.5) is 0 Å². The van der Waals surface area contributed by atoms with Crippen LogP contribution in [-0.2, 0) is 35.8 Å². The maximum Gasteiger partial charge on any atom is 0 e. The van der Waals surface area contributed by atoms with E-state index in [-0.39, 0.29) is 17.1 Å². The molecule has 5 nitrogen and oxygen atoms in total. The molecule has 0 aromatic rings. The van der Waals surface area contributed by atoms with Crippen molar-refractivity contribution in [2.75, 3.05) is 0 Å². The molecule has 0 aliphatic rings. The molecule has 0 saturated heterocycles. The average molecular weight is 280 g/mol. The summed E-state index contributed by atoms with van der Waals surface area (Å²) in [6, 6.07) is 0. The van der Waals surface area contributed by atoms with E-state index in [1.165, 1.54) is 6.42 Å². The topological polar surface area (TPSA) is 97.0 Å². The van der Waals surface area contributed by atoms with E-state index in [0.717, 1.165) is 0 Å². The summed E-state index contributed by atoms with van der Waals surface area (Å²) < 4.78 is 22.5. The zero-order chi connectivity index (χ0) is 13.8. The van der Waals surface area contributed by atoms with Crippen LogP contribution in [0.25, 0.3) is 0 Å². The second kappa shape index (κ2) is 45.3. The number of hydrogen-bond donors (Lipinski definition) is 1. The van der Waals surface area contributed by atoms with E-state index < -0.39 is 6.10 Å². The molecule has 0 fully saturated rings. The molecule has 0 aromatic carbocycles. The number of carbonyl (C=O) groups excluding carboxylic acids is 1. The van der Waals surface area contributed by atoms with Crippen LogP contribution in [0, 0.1) is 45.6 Å². The number of aliphatic hydroxyl groups excluding tert-OH is 1. The predicted octanol–water partition coefficient (Wildman–Crippen LogP) is 0.658. The van der Waals surface area contributed by atoms with E-state index in [2.05, 4.69) is 20.0 Å². The van der Waals surface area contributed by atoms with Crippen molar-refractivity contribution in [1.29, 1.82) is 0 Å². The molecule has 6 heteroatoms. The van der Waals surface area contributed by atoms with Gasteiger partial charge in [0.05, 0.1) is 6.10 Å². The van der Waals surface area contributed by atoms with Crippen LogP contribution in [0.1, 0.15) is 13.3 Å². The summed E-state index contributed by atoms with van der Waals surface area (Å²) in [5.41, 5.74) is 0. The van der Waals surface area contributed by atoms with Gasteiger partial charge >= 0.3 is 33.9 Å². The van der Waals surface area contributed by atoms with E-state index in [4.69, 9.17) is 19.1 Å². The molecule has 0 amide bonds. The number of unbranched alkanes of at least 4 members (excludes halogenated alkanes) is 2. The summed E-state index contributed by atoms with van der Waals surface area (Å²) >= 11 is 0. The van der Waals surface area contributed by atoms with Crippen LogP contribution in [0.2, 0.25) is 0 Å². The zero-order valence-electron chi connectivity index (χ0n) is 9.10. The Labute approximate surface area is 113 Å². The standard InChI is InChI=1S/C8H12O2.3CO.Fe/c1-2-8(10)6-4-3-5-7-9;3*1-2;/h3-8,10H,2H2,1H3;;;;/t8-;;;;/m1..../s1. The molecule has 0 unspecified atom stereocenters. The quantitative estimate of drug-likeness (QED) is 0.254. The van der Waals surface area contributed by atoms with E-state index >= 15 is 0 Å². The first kappa shape index (κ1) is 29.9. The molecule has 0 rings (SSSR count). The van der Waals surface area contributed by atoms with Crippen LogP contribution < -0.4 is 0 Å². The minimum atomic E-state index is -0.392. The molecule has 0 saturated carbocycles. The third-order valence-corrected chi connectivity index (χ3v) is 1.05.